The van der Waals surface area contributed by atoms with Crippen LogP contribution in [0.5, 0.6) is 0 Å². The highest BCUT2D eigenvalue weighted by atomic mass is 19.1. The maximum Gasteiger partial charge on any atom is 0.321 e. The predicted molar refractivity (Wildman–Crippen MR) is 73.1 cm³/mol. The normalized spacial score (nSPS) is 9.95. The molecule has 6 nitrogen and oxygen atoms in total. The fraction of sp³-hybridized carbons (Fsp3) is 0.357. The zero-order chi connectivity index (χ0) is 15.7. The van der Waals surface area contributed by atoms with Crippen LogP contribution in [0.1, 0.15) is 24.8 Å². The molecule has 1 aromatic rings. The minimum absolute atomic E-state index is 0.0347. The van der Waals surface area contributed by atoms with E-state index in [-0.39, 0.29) is 31.6 Å². The van der Waals surface area contributed by atoms with Gasteiger partial charge in [-0.15, -0.1) is 0 Å². The highest BCUT2D eigenvalue weighted by Gasteiger charge is 2.08. The number of rotatable bonds is 7. The van der Waals surface area contributed by atoms with Gasteiger partial charge >= 0.3 is 12.0 Å². The predicted octanol–water partition coefficient (Wildman–Crippen LogP) is 1.45. The summed E-state index contributed by atoms with van der Waals surface area (Å²) in [5.74, 6) is -1.87. The van der Waals surface area contributed by atoms with Crippen LogP contribution in [0.15, 0.2) is 24.3 Å². The Labute approximate surface area is 121 Å². The molecular weight excluding hydrogens is 279 g/mol. The van der Waals surface area contributed by atoms with Crippen LogP contribution in [0, 0.1) is 5.82 Å². The minimum Gasteiger partial charge on any atom is -0.481 e. The molecule has 1 aromatic carbocycles. The molecule has 1 rings (SSSR count). The highest BCUT2D eigenvalue weighted by Crippen LogP contribution is 2.06. The Kier molecular flexibility index (Phi) is 6.86. The van der Waals surface area contributed by atoms with Gasteiger partial charge in [-0.05, 0) is 24.5 Å². The maximum absolute atomic E-state index is 13.3. The first-order valence-corrected chi connectivity index (χ1v) is 6.52. The monoisotopic (exact) mass is 296 g/mol. The molecule has 0 aromatic heterocycles. The highest BCUT2D eigenvalue weighted by molar-refractivity contribution is 5.94. The van der Waals surface area contributed by atoms with E-state index in [9.17, 15) is 18.8 Å². The molecule has 21 heavy (non-hydrogen) atoms. The minimum atomic E-state index is -0.989. The molecule has 3 N–H and O–H groups in total. The third-order valence-corrected chi connectivity index (χ3v) is 2.69. The van der Waals surface area contributed by atoms with Crippen LogP contribution in [-0.4, -0.2) is 29.6 Å². The number of hydrogen-bond acceptors (Lipinski definition) is 3. The van der Waals surface area contributed by atoms with Gasteiger partial charge < -0.3 is 10.4 Å². The van der Waals surface area contributed by atoms with Crippen LogP contribution in [0.4, 0.5) is 9.18 Å². The Morgan fingerprint density at radius 3 is 2.52 bits per heavy atom. The first-order chi connectivity index (χ1) is 9.99. The van der Waals surface area contributed by atoms with Crippen molar-refractivity contribution in [3.63, 3.8) is 0 Å². The quantitative estimate of drug-likeness (QED) is 0.709. The van der Waals surface area contributed by atoms with Gasteiger partial charge in [0.25, 0.3) is 0 Å². The number of benzene rings is 1. The van der Waals surface area contributed by atoms with Gasteiger partial charge in [-0.2, -0.15) is 0 Å². The van der Waals surface area contributed by atoms with Crippen molar-refractivity contribution in [2.75, 3.05) is 6.54 Å². The Morgan fingerprint density at radius 2 is 1.86 bits per heavy atom. The maximum atomic E-state index is 13.3. The number of carboxylic acids is 1. The summed E-state index contributed by atoms with van der Waals surface area (Å²) in [4.78, 5) is 32.9. The SMILES string of the molecule is O=C(O)CCCC(=O)NC(=O)NCCc1ccccc1F. The Hall–Kier alpha value is -2.44. The third-order valence-electron chi connectivity index (χ3n) is 2.69. The van der Waals surface area contributed by atoms with Gasteiger partial charge in [0.15, 0.2) is 0 Å². The fourth-order valence-electron chi connectivity index (χ4n) is 1.65. The summed E-state index contributed by atoms with van der Waals surface area (Å²) in [6.07, 6.45) is 0.326. The number of amides is 3. The van der Waals surface area contributed by atoms with Gasteiger partial charge in [0, 0.05) is 19.4 Å². The standard InChI is InChI=1S/C14H17FN2O4/c15-11-5-2-1-4-10(11)8-9-16-14(21)17-12(18)6-3-7-13(19)20/h1-2,4-5H,3,6-9H2,(H,19,20)(H2,16,17,18,21). The van der Waals surface area contributed by atoms with Gasteiger partial charge in [-0.25, -0.2) is 9.18 Å². The second-order valence-corrected chi connectivity index (χ2v) is 4.39. The number of halogens is 1. The molecule has 0 saturated heterocycles. The van der Waals surface area contributed by atoms with E-state index in [1.54, 1.807) is 18.2 Å². The number of imide groups is 1. The van der Waals surface area contributed by atoms with Crippen LogP contribution < -0.4 is 10.6 Å². The fourth-order valence-corrected chi connectivity index (χ4v) is 1.65. The Morgan fingerprint density at radius 1 is 1.14 bits per heavy atom. The molecule has 0 aliphatic rings. The lowest BCUT2D eigenvalue weighted by Crippen LogP contribution is -2.40. The lowest BCUT2D eigenvalue weighted by atomic mass is 10.1. The van der Waals surface area contributed by atoms with E-state index in [1.807, 2.05) is 0 Å². The molecule has 0 radical (unpaired) electrons. The lowest BCUT2D eigenvalue weighted by Gasteiger charge is -2.07. The van der Waals surface area contributed by atoms with E-state index in [2.05, 4.69) is 10.6 Å². The van der Waals surface area contributed by atoms with Crippen LogP contribution in [0.25, 0.3) is 0 Å². The van der Waals surface area contributed by atoms with E-state index in [0.717, 1.165) is 0 Å². The summed E-state index contributed by atoms with van der Waals surface area (Å²) in [5.41, 5.74) is 0.477. The van der Waals surface area contributed by atoms with Crippen LogP contribution in [0.2, 0.25) is 0 Å². The smallest absolute Gasteiger partial charge is 0.321 e. The van der Waals surface area contributed by atoms with E-state index >= 15 is 0 Å². The van der Waals surface area contributed by atoms with Gasteiger partial charge in [0.05, 0.1) is 0 Å². The molecule has 0 bridgehead atoms. The first kappa shape index (κ1) is 16.6. The molecular formula is C14H17FN2O4. The van der Waals surface area contributed by atoms with Crippen LogP contribution >= 0.6 is 0 Å². The van der Waals surface area contributed by atoms with Crippen molar-refractivity contribution < 1.29 is 23.9 Å². The summed E-state index contributed by atoms with van der Waals surface area (Å²) < 4.78 is 13.3. The molecule has 0 spiro atoms. The molecule has 0 aliphatic heterocycles. The summed E-state index contributed by atoms with van der Waals surface area (Å²) in [6.45, 7) is 0.190. The Bertz CT molecular complexity index is 519. The number of carboxylic acid groups (broad SMARTS) is 1. The zero-order valence-corrected chi connectivity index (χ0v) is 11.4. The number of nitrogens with one attached hydrogen (secondary N) is 2. The van der Waals surface area contributed by atoms with Crippen LogP contribution in [0.3, 0.4) is 0 Å². The summed E-state index contributed by atoms with van der Waals surface area (Å²) in [6, 6.07) is 5.55. The lowest BCUT2D eigenvalue weighted by molar-refractivity contribution is -0.137. The topological polar surface area (TPSA) is 95.5 Å². The zero-order valence-electron chi connectivity index (χ0n) is 11.4. The molecule has 0 unspecified atom stereocenters. The van der Waals surface area contributed by atoms with Crippen LogP contribution in [-0.2, 0) is 16.0 Å². The molecule has 0 fully saturated rings. The van der Waals surface area contributed by atoms with Gasteiger partial charge in [0.2, 0.25) is 5.91 Å². The van der Waals surface area contributed by atoms with E-state index in [1.165, 1.54) is 6.07 Å². The summed E-state index contributed by atoms with van der Waals surface area (Å²) in [5, 5.41) is 12.9. The number of aliphatic carboxylic acids is 1. The van der Waals surface area contributed by atoms with E-state index in [0.29, 0.717) is 12.0 Å². The van der Waals surface area contributed by atoms with Gasteiger partial charge in [-0.1, -0.05) is 18.2 Å². The van der Waals surface area contributed by atoms with E-state index in [4.69, 9.17) is 5.11 Å². The van der Waals surface area contributed by atoms with Crippen molar-refractivity contribution >= 4 is 17.9 Å². The van der Waals surface area contributed by atoms with Gasteiger partial charge in [-0.3, -0.25) is 14.9 Å². The van der Waals surface area contributed by atoms with Crippen molar-refractivity contribution in [3.8, 4) is 0 Å². The van der Waals surface area contributed by atoms with Crippen molar-refractivity contribution in [3.05, 3.63) is 35.6 Å². The average Bonchev–Trinajstić information content (AvgIpc) is 2.40. The second kappa shape index (κ2) is 8.68. The van der Waals surface area contributed by atoms with Crippen molar-refractivity contribution in [1.29, 1.82) is 0 Å². The second-order valence-electron chi connectivity index (χ2n) is 4.39. The van der Waals surface area contributed by atoms with Crippen molar-refractivity contribution in [2.45, 2.75) is 25.7 Å². The van der Waals surface area contributed by atoms with Gasteiger partial charge in [0.1, 0.15) is 5.82 Å². The number of urea groups is 1. The molecule has 0 atom stereocenters. The van der Waals surface area contributed by atoms with Crippen molar-refractivity contribution in [1.82, 2.24) is 10.6 Å². The summed E-state index contributed by atoms with van der Waals surface area (Å²) in [7, 11) is 0. The number of hydrogen-bond donors (Lipinski definition) is 3. The molecule has 0 aliphatic carbocycles. The van der Waals surface area contributed by atoms with Crippen molar-refractivity contribution in [2.24, 2.45) is 0 Å². The first-order valence-electron chi connectivity index (χ1n) is 6.52. The molecule has 114 valence electrons. The van der Waals surface area contributed by atoms with E-state index < -0.39 is 17.9 Å². The largest absolute Gasteiger partial charge is 0.481 e. The number of carbonyl (C=O) groups is 3. The third kappa shape index (κ3) is 7.05. The Balaban J connectivity index is 2.20. The molecule has 3 amide bonds. The number of carbonyl (C=O) groups excluding carboxylic acids is 2. The average molecular weight is 296 g/mol. The molecule has 0 heterocycles. The molecule has 7 heteroatoms. The summed E-state index contributed by atoms with van der Waals surface area (Å²) >= 11 is 0. The molecule has 0 saturated carbocycles.